The summed E-state index contributed by atoms with van der Waals surface area (Å²) in [4.78, 5) is 19.2. The molecule has 0 saturated carbocycles. The van der Waals surface area contributed by atoms with Crippen molar-refractivity contribution in [3.8, 4) is 6.07 Å². The Hall–Kier alpha value is -3.10. The minimum absolute atomic E-state index is 0.0259. The van der Waals surface area contributed by atoms with Crippen LogP contribution in [0.5, 0.6) is 0 Å². The van der Waals surface area contributed by atoms with E-state index in [1.165, 1.54) is 11.0 Å². The molecule has 0 bridgehead atoms. The van der Waals surface area contributed by atoms with Gasteiger partial charge in [-0.3, -0.25) is 10.2 Å². The highest BCUT2D eigenvalue weighted by atomic mass is 16.2. The molecule has 0 aromatic carbocycles. The number of carbonyl (C=O) groups is 1. The fraction of sp³-hybridized carbons (Fsp3) is 0.500. The fourth-order valence-corrected chi connectivity index (χ4v) is 3.55. The van der Waals surface area contributed by atoms with Crippen LogP contribution in [0.4, 0.5) is 5.82 Å². The highest BCUT2D eigenvalue weighted by Crippen LogP contribution is 2.22. The van der Waals surface area contributed by atoms with Crippen molar-refractivity contribution < 1.29 is 4.79 Å². The van der Waals surface area contributed by atoms with Gasteiger partial charge in [-0.15, -0.1) is 5.10 Å². The number of piperidine rings is 1. The first-order chi connectivity index (χ1) is 13.3. The van der Waals surface area contributed by atoms with Crippen LogP contribution in [0, 0.1) is 17.2 Å². The number of carbonyl (C=O) groups excluding carboxylic acids is 1. The van der Waals surface area contributed by atoms with Gasteiger partial charge in [-0.25, -0.2) is 15.1 Å². The third-order valence-corrected chi connectivity index (χ3v) is 4.99. The van der Waals surface area contributed by atoms with Crippen LogP contribution in [0.15, 0.2) is 24.7 Å². The molecule has 27 heavy (non-hydrogen) atoms. The normalized spacial score (nSPS) is 23.1. The van der Waals surface area contributed by atoms with Crippen molar-refractivity contribution in [2.75, 3.05) is 24.5 Å². The zero-order valence-electron chi connectivity index (χ0n) is 14.6. The number of rotatable bonds is 4. The van der Waals surface area contributed by atoms with E-state index in [1.807, 2.05) is 0 Å². The number of hydrogen-bond acceptors (Lipinski definition) is 9. The molecule has 1 amide bonds. The molecule has 2 aromatic heterocycles. The molecule has 0 aliphatic carbocycles. The molecule has 4 rings (SSSR count). The molecule has 3 N–H and O–H groups in total. The fourth-order valence-electron chi connectivity index (χ4n) is 3.55. The van der Waals surface area contributed by atoms with E-state index in [-0.39, 0.29) is 24.0 Å². The van der Waals surface area contributed by atoms with Crippen LogP contribution >= 0.6 is 0 Å². The van der Waals surface area contributed by atoms with E-state index < -0.39 is 0 Å². The Morgan fingerprint density at radius 2 is 2.22 bits per heavy atom. The maximum atomic E-state index is 12.7. The van der Waals surface area contributed by atoms with Gasteiger partial charge in [0.05, 0.1) is 11.5 Å². The summed E-state index contributed by atoms with van der Waals surface area (Å²) in [5.41, 5.74) is 6.60. The molecule has 0 radical (unpaired) electrons. The first kappa shape index (κ1) is 17.3. The van der Waals surface area contributed by atoms with Crippen molar-refractivity contribution in [3.63, 3.8) is 0 Å². The number of amides is 1. The quantitative estimate of drug-likeness (QED) is 0.617. The molecule has 2 aliphatic rings. The predicted molar refractivity (Wildman–Crippen MR) is 93.8 cm³/mol. The number of nitrogens with zero attached hydrogens (tertiary/aromatic N) is 7. The van der Waals surface area contributed by atoms with Crippen LogP contribution in [0.25, 0.3) is 0 Å². The van der Waals surface area contributed by atoms with E-state index in [4.69, 9.17) is 0 Å². The van der Waals surface area contributed by atoms with Gasteiger partial charge in [0.2, 0.25) is 5.91 Å². The van der Waals surface area contributed by atoms with E-state index >= 15 is 0 Å². The van der Waals surface area contributed by atoms with Gasteiger partial charge in [0.25, 0.3) is 0 Å². The molecule has 2 fully saturated rings. The highest BCUT2D eigenvalue weighted by Gasteiger charge is 2.36. The van der Waals surface area contributed by atoms with Crippen molar-refractivity contribution >= 4 is 11.7 Å². The van der Waals surface area contributed by atoms with Crippen LogP contribution in [0.3, 0.4) is 0 Å². The minimum atomic E-state index is -0.313. The van der Waals surface area contributed by atoms with E-state index in [0.717, 1.165) is 25.9 Å². The van der Waals surface area contributed by atoms with Gasteiger partial charge in [0.1, 0.15) is 24.4 Å². The number of nitrogens with one attached hydrogen (secondary N) is 3. The second kappa shape index (κ2) is 7.65. The standard InChI is InChI=1S/C16H20N10O/c17-8-11-2-1-5-18-14(11)25-6-3-12(4-7-25)21-16(27)13-9-19-22-15(13)26-10-20-23-24-26/h1-2,5,10,12-13,15,19,22H,3-4,6-7,9H2,(H,21,27). The summed E-state index contributed by atoms with van der Waals surface area (Å²) < 4.78 is 1.54. The molecular weight excluding hydrogens is 348 g/mol. The van der Waals surface area contributed by atoms with Crippen molar-refractivity contribution in [1.82, 2.24) is 41.4 Å². The second-order valence-corrected chi connectivity index (χ2v) is 6.62. The Morgan fingerprint density at radius 1 is 1.37 bits per heavy atom. The maximum Gasteiger partial charge on any atom is 0.228 e. The van der Waals surface area contributed by atoms with Crippen LogP contribution in [0.1, 0.15) is 24.6 Å². The van der Waals surface area contributed by atoms with Gasteiger partial charge in [-0.2, -0.15) is 5.26 Å². The first-order valence-electron chi connectivity index (χ1n) is 8.87. The Kier molecular flexibility index (Phi) is 4.91. The molecule has 0 spiro atoms. The first-order valence-corrected chi connectivity index (χ1v) is 8.87. The van der Waals surface area contributed by atoms with Crippen LogP contribution < -0.4 is 21.1 Å². The molecule has 11 nitrogen and oxygen atoms in total. The SMILES string of the molecule is N#Cc1cccnc1N1CCC(NC(=O)C2CNNC2n2cnnn2)CC1. The minimum Gasteiger partial charge on any atom is -0.355 e. The smallest absolute Gasteiger partial charge is 0.228 e. The molecule has 2 unspecified atom stereocenters. The molecule has 2 saturated heterocycles. The number of anilines is 1. The number of hydrogen-bond donors (Lipinski definition) is 3. The lowest BCUT2D eigenvalue weighted by atomic mass is 10.0. The van der Waals surface area contributed by atoms with Gasteiger partial charge in [0.15, 0.2) is 0 Å². The van der Waals surface area contributed by atoms with E-state index in [1.54, 1.807) is 18.3 Å². The molecular formula is C16H20N10O. The summed E-state index contributed by atoms with van der Waals surface area (Å²) in [6.45, 7) is 2.00. The number of nitriles is 1. The molecule has 2 atom stereocenters. The lowest BCUT2D eigenvalue weighted by Gasteiger charge is -2.34. The van der Waals surface area contributed by atoms with Gasteiger partial charge in [-0.05, 0) is 35.4 Å². The third kappa shape index (κ3) is 3.57. The number of hydrazine groups is 1. The van der Waals surface area contributed by atoms with Gasteiger partial charge < -0.3 is 10.2 Å². The Morgan fingerprint density at radius 3 is 2.96 bits per heavy atom. The number of tetrazole rings is 1. The Balaban J connectivity index is 1.34. The van der Waals surface area contributed by atoms with E-state index in [9.17, 15) is 10.1 Å². The molecule has 140 valence electrons. The van der Waals surface area contributed by atoms with Gasteiger partial charge in [0, 0.05) is 31.9 Å². The average Bonchev–Trinajstić information content (AvgIpc) is 3.40. The van der Waals surface area contributed by atoms with Crippen LogP contribution in [0.2, 0.25) is 0 Å². The zero-order chi connectivity index (χ0) is 18.6. The summed E-state index contributed by atoms with van der Waals surface area (Å²) in [7, 11) is 0. The molecule has 2 aromatic rings. The van der Waals surface area contributed by atoms with Gasteiger partial charge in [-0.1, -0.05) is 0 Å². The largest absolute Gasteiger partial charge is 0.355 e. The van der Waals surface area contributed by atoms with Crippen LogP contribution in [-0.4, -0.2) is 56.8 Å². The molecule has 2 aliphatic heterocycles. The van der Waals surface area contributed by atoms with Crippen LogP contribution in [-0.2, 0) is 4.79 Å². The molecule has 4 heterocycles. The second-order valence-electron chi connectivity index (χ2n) is 6.62. The number of pyridine rings is 1. The lowest BCUT2D eigenvalue weighted by molar-refractivity contribution is -0.126. The number of aromatic nitrogens is 5. The molecule has 11 heteroatoms. The predicted octanol–water partition coefficient (Wildman–Crippen LogP) is -1.05. The summed E-state index contributed by atoms with van der Waals surface area (Å²) in [6, 6.07) is 5.82. The van der Waals surface area contributed by atoms with Crippen molar-refractivity contribution in [3.05, 3.63) is 30.2 Å². The highest BCUT2D eigenvalue weighted by molar-refractivity contribution is 5.80. The third-order valence-electron chi connectivity index (χ3n) is 4.99. The van der Waals surface area contributed by atoms with Crippen molar-refractivity contribution in [2.24, 2.45) is 5.92 Å². The summed E-state index contributed by atoms with van der Waals surface area (Å²) in [5, 5.41) is 23.5. The summed E-state index contributed by atoms with van der Waals surface area (Å²) >= 11 is 0. The Bertz CT molecular complexity index is 824. The van der Waals surface area contributed by atoms with E-state index in [2.05, 4.69) is 47.6 Å². The van der Waals surface area contributed by atoms with Crippen molar-refractivity contribution in [2.45, 2.75) is 25.0 Å². The Labute approximate surface area is 155 Å². The average molecular weight is 368 g/mol. The summed E-state index contributed by atoms with van der Waals surface area (Å²) in [6.07, 6.45) is 4.48. The van der Waals surface area contributed by atoms with E-state index in [0.29, 0.717) is 17.9 Å². The monoisotopic (exact) mass is 368 g/mol. The zero-order valence-corrected chi connectivity index (χ0v) is 14.6. The van der Waals surface area contributed by atoms with Crippen molar-refractivity contribution in [1.29, 1.82) is 5.26 Å². The maximum absolute atomic E-state index is 12.7. The summed E-state index contributed by atoms with van der Waals surface area (Å²) in [5.74, 6) is 0.391. The lowest BCUT2D eigenvalue weighted by Crippen LogP contribution is -2.48. The van der Waals surface area contributed by atoms with Gasteiger partial charge >= 0.3 is 0 Å². The topological polar surface area (TPSA) is 137 Å².